The highest BCUT2D eigenvalue weighted by molar-refractivity contribution is 5.93. The maximum absolute atomic E-state index is 11.1. The zero-order chi connectivity index (χ0) is 8.43. The first kappa shape index (κ1) is 8.04. The lowest BCUT2D eigenvalue weighted by Gasteiger charge is -2.13. The third-order valence-electron chi connectivity index (χ3n) is 1.66. The standard InChI is InChI=1S/C7H11NO3/c1-3-6(9)8-5(2)4-11-7(8)10/h5H,3-4H2,1-2H3/t5-/m1/s1. The summed E-state index contributed by atoms with van der Waals surface area (Å²) < 4.78 is 4.67. The van der Waals surface area contributed by atoms with Crippen LogP contribution in [0.2, 0.25) is 0 Å². The molecular weight excluding hydrogens is 146 g/mol. The van der Waals surface area contributed by atoms with Crippen molar-refractivity contribution in [2.45, 2.75) is 26.3 Å². The first-order valence-electron chi connectivity index (χ1n) is 3.65. The van der Waals surface area contributed by atoms with E-state index in [-0.39, 0.29) is 11.9 Å². The number of rotatable bonds is 1. The highest BCUT2D eigenvalue weighted by Crippen LogP contribution is 2.12. The summed E-state index contributed by atoms with van der Waals surface area (Å²) in [5.41, 5.74) is 0. The third-order valence-corrected chi connectivity index (χ3v) is 1.66. The Kier molecular flexibility index (Phi) is 2.12. The normalized spacial score (nSPS) is 23.6. The van der Waals surface area contributed by atoms with Crippen LogP contribution in [0.15, 0.2) is 0 Å². The monoisotopic (exact) mass is 157 g/mol. The van der Waals surface area contributed by atoms with Crippen LogP contribution >= 0.6 is 0 Å². The first-order valence-corrected chi connectivity index (χ1v) is 3.65. The van der Waals surface area contributed by atoms with Crippen molar-refractivity contribution in [2.75, 3.05) is 6.61 Å². The van der Waals surface area contributed by atoms with Crippen LogP contribution in [0.4, 0.5) is 4.79 Å². The lowest BCUT2D eigenvalue weighted by atomic mass is 10.3. The Hall–Kier alpha value is -1.06. The van der Waals surface area contributed by atoms with Gasteiger partial charge in [-0.15, -0.1) is 0 Å². The van der Waals surface area contributed by atoms with Crippen molar-refractivity contribution in [3.05, 3.63) is 0 Å². The van der Waals surface area contributed by atoms with Crippen LogP contribution in [0.3, 0.4) is 0 Å². The van der Waals surface area contributed by atoms with E-state index < -0.39 is 6.09 Å². The van der Waals surface area contributed by atoms with Gasteiger partial charge in [0.1, 0.15) is 6.61 Å². The molecule has 0 radical (unpaired) electrons. The van der Waals surface area contributed by atoms with Crippen molar-refractivity contribution in [1.82, 2.24) is 4.90 Å². The Balaban J connectivity index is 2.68. The fraction of sp³-hybridized carbons (Fsp3) is 0.714. The van der Waals surface area contributed by atoms with Crippen LogP contribution in [0, 0.1) is 0 Å². The van der Waals surface area contributed by atoms with Crippen LogP contribution in [0.5, 0.6) is 0 Å². The molecule has 0 saturated carbocycles. The first-order chi connectivity index (χ1) is 5.16. The molecule has 0 N–H and O–H groups in total. The number of cyclic esters (lactones) is 1. The zero-order valence-electron chi connectivity index (χ0n) is 6.66. The summed E-state index contributed by atoms with van der Waals surface area (Å²) in [6.07, 6.45) is -0.163. The van der Waals surface area contributed by atoms with Gasteiger partial charge in [-0.05, 0) is 6.92 Å². The highest BCUT2D eigenvalue weighted by Gasteiger charge is 2.33. The minimum atomic E-state index is -0.510. The largest absolute Gasteiger partial charge is 0.447 e. The molecule has 0 bridgehead atoms. The lowest BCUT2D eigenvalue weighted by molar-refractivity contribution is -0.128. The Morgan fingerprint density at radius 3 is 2.82 bits per heavy atom. The molecule has 1 fully saturated rings. The number of nitrogens with zero attached hydrogens (tertiary/aromatic N) is 1. The second-order valence-corrected chi connectivity index (χ2v) is 2.54. The molecular formula is C7H11NO3. The van der Waals surface area contributed by atoms with Gasteiger partial charge in [0, 0.05) is 6.42 Å². The van der Waals surface area contributed by atoms with Gasteiger partial charge in [-0.3, -0.25) is 4.79 Å². The molecule has 1 heterocycles. The Morgan fingerprint density at radius 1 is 1.82 bits per heavy atom. The molecule has 0 aromatic carbocycles. The van der Waals surface area contributed by atoms with Crippen LogP contribution in [0.25, 0.3) is 0 Å². The van der Waals surface area contributed by atoms with Gasteiger partial charge in [0.15, 0.2) is 0 Å². The van der Waals surface area contributed by atoms with E-state index in [1.54, 1.807) is 13.8 Å². The van der Waals surface area contributed by atoms with E-state index in [1.807, 2.05) is 0 Å². The second-order valence-electron chi connectivity index (χ2n) is 2.54. The van der Waals surface area contributed by atoms with E-state index in [1.165, 1.54) is 4.90 Å². The van der Waals surface area contributed by atoms with Gasteiger partial charge in [-0.1, -0.05) is 6.92 Å². The van der Waals surface area contributed by atoms with Crippen LogP contribution < -0.4 is 0 Å². The number of imide groups is 1. The van der Waals surface area contributed by atoms with E-state index >= 15 is 0 Å². The predicted octanol–water partition coefficient (Wildman–Crippen LogP) is 0.764. The molecule has 1 rings (SSSR count). The maximum Gasteiger partial charge on any atom is 0.416 e. The van der Waals surface area contributed by atoms with Crippen molar-refractivity contribution < 1.29 is 14.3 Å². The van der Waals surface area contributed by atoms with E-state index in [0.29, 0.717) is 13.0 Å². The Labute approximate surface area is 65.1 Å². The van der Waals surface area contributed by atoms with Gasteiger partial charge in [0.05, 0.1) is 6.04 Å². The van der Waals surface area contributed by atoms with Crippen molar-refractivity contribution in [2.24, 2.45) is 0 Å². The van der Waals surface area contributed by atoms with Crippen LogP contribution in [0.1, 0.15) is 20.3 Å². The number of ether oxygens (including phenoxy) is 1. The second kappa shape index (κ2) is 2.90. The molecule has 0 spiro atoms. The van der Waals surface area contributed by atoms with E-state index in [2.05, 4.69) is 4.74 Å². The molecule has 1 atom stereocenters. The third kappa shape index (κ3) is 1.34. The van der Waals surface area contributed by atoms with Gasteiger partial charge in [-0.2, -0.15) is 0 Å². The molecule has 1 aliphatic rings. The number of amides is 2. The van der Waals surface area contributed by atoms with Crippen LogP contribution in [-0.2, 0) is 9.53 Å². The van der Waals surface area contributed by atoms with Crippen molar-refractivity contribution >= 4 is 12.0 Å². The van der Waals surface area contributed by atoms with Crippen LogP contribution in [-0.4, -0.2) is 29.5 Å². The van der Waals surface area contributed by atoms with Crippen molar-refractivity contribution in [3.63, 3.8) is 0 Å². The SMILES string of the molecule is CCC(=O)N1C(=O)OC[C@H]1C. The Morgan fingerprint density at radius 2 is 2.45 bits per heavy atom. The van der Waals surface area contributed by atoms with E-state index in [4.69, 9.17) is 0 Å². The number of hydrogen-bond acceptors (Lipinski definition) is 3. The predicted molar refractivity (Wildman–Crippen MR) is 37.9 cm³/mol. The molecule has 0 aromatic rings. The summed E-state index contributed by atoms with van der Waals surface area (Å²) in [5, 5.41) is 0. The molecule has 4 nitrogen and oxygen atoms in total. The average Bonchev–Trinajstić information content (AvgIpc) is 2.30. The maximum atomic E-state index is 11.1. The van der Waals surface area contributed by atoms with Gasteiger partial charge in [0.25, 0.3) is 0 Å². The van der Waals surface area contributed by atoms with E-state index in [9.17, 15) is 9.59 Å². The van der Waals surface area contributed by atoms with Gasteiger partial charge in [-0.25, -0.2) is 9.69 Å². The average molecular weight is 157 g/mol. The molecule has 0 aliphatic carbocycles. The van der Waals surface area contributed by atoms with Crippen molar-refractivity contribution in [1.29, 1.82) is 0 Å². The molecule has 62 valence electrons. The smallest absolute Gasteiger partial charge is 0.416 e. The molecule has 2 amide bonds. The molecule has 0 unspecified atom stereocenters. The molecule has 11 heavy (non-hydrogen) atoms. The highest BCUT2D eigenvalue weighted by atomic mass is 16.6. The number of hydrogen-bond donors (Lipinski definition) is 0. The summed E-state index contributed by atoms with van der Waals surface area (Å²) in [6.45, 7) is 3.84. The van der Waals surface area contributed by atoms with Gasteiger partial charge in [0.2, 0.25) is 5.91 Å². The zero-order valence-corrected chi connectivity index (χ0v) is 6.66. The number of carbonyl (C=O) groups is 2. The Bertz CT molecular complexity index is 190. The minimum absolute atomic E-state index is 0.102. The fourth-order valence-corrected chi connectivity index (χ4v) is 1.03. The lowest BCUT2D eigenvalue weighted by Crippen LogP contribution is -2.36. The molecule has 4 heteroatoms. The van der Waals surface area contributed by atoms with Gasteiger partial charge >= 0.3 is 6.09 Å². The summed E-state index contributed by atoms with van der Waals surface area (Å²) >= 11 is 0. The molecule has 1 aliphatic heterocycles. The number of carbonyl (C=O) groups excluding carboxylic acids is 2. The molecule has 1 saturated heterocycles. The summed E-state index contributed by atoms with van der Waals surface area (Å²) in [4.78, 5) is 23.1. The fourth-order valence-electron chi connectivity index (χ4n) is 1.03. The summed E-state index contributed by atoms with van der Waals surface area (Å²) in [6, 6.07) is -0.102. The topological polar surface area (TPSA) is 46.6 Å². The minimum Gasteiger partial charge on any atom is -0.447 e. The summed E-state index contributed by atoms with van der Waals surface area (Å²) in [5.74, 6) is -0.167. The summed E-state index contributed by atoms with van der Waals surface area (Å²) in [7, 11) is 0. The van der Waals surface area contributed by atoms with Crippen molar-refractivity contribution in [3.8, 4) is 0 Å². The molecule has 0 aromatic heterocycles. The van der Waals surface area contributed by atoms with E-state index in [0.717, 1.165) is 0 Å². The quantitative estimate of drug-likeness (QED) is 0.564. The van der Waals surface area contributed by atoms with Gasteiger partial charge < -0.3 is 4.74 Å².